The molecule has 1 fully saturated rings. The van der Waals surface area contributed by atoms with Crippen molar-refractivity contribution >= 4 is 15.9 Å². The molecule has 0 saturated carbocycles. The SMILES string of the molecule is Cc1ccc(S(=O)(=O)NC(Cc2ccccc2)C(=O)NCc2ccccc2-c2ccc(C3OC(CN(C)C(C)c4ccccc4)CC(c4ccc(CO)cc4)O3)cc2)cc1. The summed E-state index contributed by atoms with van der Waals surface area (Å²) in [7, 11) is -1.86. The van der Waals surface area contributed by atoms with Gasteiger partial charge < -0.3 is 19.9 Å². The van der Waals surface area contributed by atoms with Crippen molar-refractivity contribution in [1.29, 1.82) is 0 Å². The molecule has 0 bridgehead atoms. The Bertz CT molecular complexity index is 2410. The number of benzene rings is 6. The predicted octanol–water partition coefficient (Wildman–Crippen LogP) is 8.60. The Morgan fingerprint density at radius 3 is 2.08 bits per heavy atom. The quantitative estimate of drug-likeness (QED) is 0.0896. The standard InChI is InChI=1S/C50H53N3O6S/c1-35-18-28-45(29-19-35)60(56,57)52-47(30-37-12-6-4-7-13-37)49(55)51-32-43-16-10-11-17-46(43)40-24-26-42(27-25-40)50-58-44(33-53(3)36(2)39-14-8-5-9-15-39)31-48(59-50)41-22-20-38(34-54)21-23-41/h4-29,36,44,47-48,50,52,54H,30-34H2,1-3H3,(H,51,55). The van der Waals surface area contributed by atoms with Crippen LogP contribution in [0.5, 0.6) is 0 Å². The van der Waals surface area contributed by atoms with E-state index >= 15 is 0 Å². The summed E-state index contributed by atoms with van der Waals surface area (Å²) in [5.41, 5.74) is 8.54. The molecule has 6 aromatic carbocycles. The van der Waals surface area contributed by atoms with E-state index in [0.29, 0.717) is 13.0 Å². The van der Waals surface area contributed by atoms with E-state index in [0.717, 1.165) is 44.5 Å². The normalized spacial score (nSPS) is 17.9. The molecule has 0 spiro atoms. The molecule has 5 unspecified atom stereocenters. The summed E-state index contributed by atoms with van der Waals surface area (Å²) >= 11 is 0. The Morgan fingerprint density at radius 1 is 0.767 bits per heavy atom. The van der Waals surface area contributed by atoms with Crippen molar-refractivity contribution in [3.8, 4) is 11.1 Å². The first-order valence-corrected chi connectivity index (χ1v) is 21.9. The minimum Gasteiger partial charge on any atom is -0.392 e. The van der Waals surface area contributed by atoms with E-state index in [1.165, 1.54) is 5.56 Å². The average molecular weight is 824 g/mol. The van der Waals surface area contributed by atoms with Gasteiger partial charge >= 0.3 is 0 Å². The Kier molecular flexibility index (Phi) is 14.0. The number of carbonyl (C=O) groups is 1. The number of nitrogens with one attached hydrogen (secondary N) is 2. The molecule has 9 nitrogen and oxygen atoms in total. The van der Waals surface area contributed by atoms with E-state index in [1.807, 2.05) is 116 Å². The Hall–Kier alpha value is -5.46. The number of aliphatic hydroxyl groups is 1. The van der Waals surface area contributed by atoms with Gasteiger partial charge in [0.2, 0.25) is 15.9 Å². The van der Waals surface area contributed by atoms with E-state index < -0.39 is 28.3 Å². The summed E-state index contributed by atoms with van der Waals surface area (Å²) in [6.07, 6.45) is -0.0704. The average Bonchev–Trinajstić information content (AvgIpc) is 3.28. The van der Waals surface area contributed by atoms with Gasteiger partial charge in [0.15, 0.2) is 6.29 Å². The summed E-state index contributed by atoms with van der Waals surface area (Å²) in [4.78, 5) is 16.3. The molecule has 0 aromatic heterocycles. The summed E-state index contributed by atoms with van der Waals surface area (Å²) in [6.45, 7) is 4.97. The lowest BCUT2D eigenvalue weighted by atomic mass is 9.97. The molecule has 1 heterocycles. The minimum atomic E-state index is -3.98. The molecular weight excluding hydrogens is 771 g/mol. The number of rotatable bonds is 16. The van der Waals surface area contributed by atoms with Gasteiger partial charge in [0.05, 0.1) is 23.7 Å². The Balaban J connectivity index is 1.07. The summed E-state index contributed by atoms with van der Waals surface area (Å²) in [6, 6.07) is 49.4. The van der Waals surface area contributed by atoms with Gasteiger partial charge in [-0.15, -0.1) is 0 Å². The van der Waals surface area contributed by atoms with Gasteiger partial charge in [-0.25, -0.2) is 8.42 Å². The predicted molar refractivity (Wildman–Crippen MR) is 235 cm³/mol. The molecule has 1 saturated heterocycles. The molecule has 5 atom stereocenters. The van der Waals surface area contributed by atoms with Crippen molar-refractivity contribution in [2.24, 2.45) is 0 Å². The van der Waals surface area contributed by atoms with Gasteiger partial charge in [0.25, 0.3) is 0 Å². The first-order chi connectivity index (χ1) is 29.1. The molecule has 0 radical (unpaired) electrons. The number of nitrogens with zero attached hydrogens (tertiary/aromatic N) is 1. The van der Waals surface area contributed by atoms with Gasteiger partial charge in [-0.3, -0.25) is 9.69 Å². The Labute approximate surface area is 354 Å². The zero-order valence-electron chi connectivity index (χ0n) is 34.3. The zero-order valence-corrected chi connectivity index (χ0v) is 35.1. The van der Waals surface area contributed by atoms with Crippen LogP contribution in [0.15, 0.2) is 163 Å². The third-order valence-corrected chi connectivity index (χ3v) is 12.7. The number of carbonyl (C=O) groups excluding carboxylic acids is 1. The van der Waals surface area contributed by atoms with E-state index in [4.69, 9.17) is 9.47 Å². The van der Waals surface area contributed by atoms with Crippen molar-refractivity contribution in [3.05, 3.63) is 197 Å². The molecule has 1 amide bonds. The van der Waals surface area contributed by atoms with Crippen molar-refractivity contribution < 1.29 is 27.8 Å². The van der Waals surface area contributed by atoms with Crippen LogP contribution in [0.2, 0.25) is 0 Å². The molecule has 7 rings (SSSR count). The van der Waals surface area contributed by atoms with Crippen LogP contribution in [0.4, 0.5) is 0 Å². The van der Waals surface area contributed by atoms with Crippen LogP contribution >= 0.6 is 0 Å². The molecule has 310 valence electrons. The lowest BCUT2D eigenvalue weighted by Gasteiger charge is -2.39. The van der Waals surface area contributed by atoms with Gasteiger partial charge in [-0.05, 0) is 78.4 Å². The van der Waals surface area contributed by atoms with Gasteiger partial charge in [0.1, 0.15) is 6.04 Å². The highest BCUT2D eigenvalue weighted by Crippen LogP contribution is 2.39. The van der Waals surface area contributed by atoms with Crippen LogP contribution in [-0.4, -0.2) is 50.1 Å². The number of hydrogen-bond acceptors (Lipinski definition) is 7. The van der Waals surface area contributed by atoms with E-state index in [9.17, 15) is 18.3 Å². The molecule has 1 aliphatic heterocycles. The number of hydrogen-bond donors (Lipinski definition) is 3. The lowest BCUT2D eigenvalue weighted by molar-refractivity contribution is -0.253. The van der Waals surface area contributed by atoms with E-state index in [1.54, 1.807) is 24.3 Å². The maximum Gasteiger partial charge on any atom is 0.241 e. The number of amides is 1. The fourth-order valence-electron chi connectivity index (χ4n) is 7.59. The second-order valence-electron chi connectivity index (χ2n) is 15.5. The summed E-state index contributed by atoms with van der Waals surface area (Å²) < 4.78 is 42.9. The van der Waals surface area contributed by atoms with Crippen LogP contribution in [-0.2, 0) is 43.9 Å². The van der Waals surface area contributed by atoms with Crippen LogP contribution in [0.3, 0.4) is 0 Å². The molecule has 6 aromatic rings. The fraction of sp³-hybridized carbons (Fsp3) is 0.260. The molecule has 10 heteroatoms. The van der Waals surface area contributed by atoms with Crippen LogP contribution in [0, 0.1) is 6.92 Å². The fourth-order valence-corrected chi connectivity index (χ4v) is 8.79. The first-order valence-electron chi connectivity index (χ1n) is 20.4. The highest BCUT2D eigenvalue weighted by Gasteiger charge is 2.34. The third kappa shape index (κ3) is 10.8. The smallest absolute Gasteiger partial charge is 0.241 e. The minimum absolute atomic E-state index is 0.0188. The first kappa shape index (κ1) is 42.7. The maximum absolute atomic E-state index is 13.8. The van der Waals surface area contributed by atoms with Crippen molar-refractivity contribution in [1.82, 2.24) is 14.9 Å². The molecule has 1 aliphatic rings. The molecular formula is C50H53N3O6S. The van der Waals surface area contributed by atoms with Crippen molar-refractivity contribution in [2.45, 2.75) is 75.3 Å². The Morgan fingerprint density at radius 2 is 1.40 bits per heavy atom. The number of likely N-dealkylation sites (N-methyl/N-ethyl adjacent to an activating group) is 1. The second kappa shape index (κ2) is 19.7. The highest BCUT2D eigenvalue weighted by molar-refractivity contribution is 7.89. The summed E-state index contributed by atoms with van der Waals surface area (Å²) in [5, 5.41) is 12.7. The topological polar surface area (TPSA) is 117 Å². The molecule has 3 N–H and O–H groups in total. The van der Waals surface area contributed by atoms with Gasteiger partial charge in [-0.1, -0.05) is 151 Å². The van der Waals surface area contributed by atoms with E-state index in [2.05, 4.69) is 53.2 Å². The monoisotopic (exact) mass is 823 g/mol. The maximum atomic E-state index is 13.8. The van der Waals surface area contributed by atoms with Crippen LogP contribution < -0.4 is 10.0 Å². The number of ether oxygens (including phenoxy) is 2. The lowest BCUT2D eigenvalue weighted by Crippen LogP contribution is -2.47. The highest BCUT2D eigenvalue weighted by atomic mass is 32.2. The van der Waals surface area contributed by atoms with Crippen molar-refractivity contribution in [3.63, 3.8) is 0 Å². The third-order valence-electron chi connectivity index (χ3n) is 11.2. The second-order valence-corrected chi connectivity index (χ2v) is 17.3. The summed E-state index contributed by atoms with van der Waals surface area (Å²) in [5.74, 6) is -0.426. The largest absolute Gasteiger partial charge is 0.392 e. The van der Waals surface area contributed by atoms with Gasteiger partial charge in [-0.2, -0.15) is 4.72 Å². The van der Waals surface area contributed by atoms with Crippen molar-refractivity contribution in [2.75, 3.05) is 13.6 Å². The molecule has 60 heavy (non-hydrogen) atoms. The zero-order chi connectivity index (χ0) is 42.1. The molecule has 0 aliphatic carbocycles. The number of sulfonamides is 1. The number of aryl methyl sites for hydroxylation is 1. The number of aliphatic hydroxyl groups excluding tert-OH is 1. The van der Waals surface area contributed by atoms with Crippen LogP contribution in [0.25, 0.3) is 11.1 Å². The van der Waals surface area contributed by atoms with Crippen LogP contribution in [0.1, 0.15) is 70.7 Å². The van der Waals surface area contributed by atoms with Gasteiger partial charge in [0, 0.05) is 31.1 Å². The van der Waals surface area contributed by atoms with E-state index in [-0.39, 0.29) is 42.7 Å².